The first-order chi connectivity index (χ1) is 23.9. The van der Waals surface area contributed by atoms with Crippen molar-refractivity contribution in [3.8, 4) is 22.6 Å². The third-order valence-electron chi connectivity index (χ3n) is 8.85. The Hall–Kier alpha value is -3.93. The Balaban J connectivity index is 1.34. The number of rotatable bonds is 24. The summed E-state index contributed by atoms with van der Waals surface area (Å²) in [5.74, 6) is -0.179. The number of esters is 3. The lowest BCUT2D eigenvalue weighted by atomic mass is 10.0. The zero-order valence-corrected chi connectivity index (χ0v) is 30.2. The van der Waals surface area contributed by atoms with E-state index in [1.54, 1.807) is 48.5 Å². The summed E-state index contributed by atoms with van der Waals surface area (Å²) in [5.41, 5.74) is 2.70. The lowest BCUT2D eigenvalue weighted by molar-refractivity contribution is -0.134. The van der Waals surface area contributed by atoms with Gasteiger partial charge in [-0.3, -0.25) is 4.79 Å². The standard InChI is InChI=1S/C43H58O6/c1-4-6-8-10-11-12-13-14-15-16-17-19-21-41(44)48-39-30-26-36(27-31-39)35-22-24-37(25-23-35)43(46)49-40-32-28-38(29-33-40)42(45)47-34(3)20-18-9-7-5-2/h22-34H,4-21H2,1-3H3/t34-/m0/s1. The first kappa shape index (κ1) is 39.5. The van der Waals surface area contributed by atoms with Crippen LogP contribution in [0, 0.1) is 0 Å². The highest BCUT2D eigenvalue weighted by atomic mass is 16.5. The van der Waals surface area contributed by atoms with E-state index in [9.17, 15) is 14.4 Å². The molecule has 0 saturated heterocycles. The second kappa shape index (κ2) is 23.4. The number of hydrogen-bond acceptors (Lipinski definition) is 6. The van der Waals surface area contributed by atoms with Crippen molar-refractivity contribution < 1.29 is 28.6 Å². The molecule has 0 amide bonds. The van der Waals surface area contributed by atoms with Crippen LogP contribution in [0.3, 0.4) is 0 Å². The van der Waals surface area contributed by atoms with Gasteiger partial charge >= 0.3 is 17.9 Å². The van der Waals surface area contributed by atoms with Gasteiger partial charge in [-0.1, -0.05) is 128 Å². The first-order valence-electron chi connectivity index (χ1n) is 18.8. The van der Waals surface area contributed by atoms with Crippen molar-refractivity contribution in [2.24, 2.45) is 0 Å². The Bertz CT molecular complexity index is 1360. The van der Waals surface area contributed by atoms with Gasteiger partial charge in [0.15, 0.2) is 0 Å². The van der Waals surface area contributed by atoms with Gasteiger partial charge in [0.05, 0.1) is 17.2 Å². The molecular formula is C43H58O6. The molecule has 0 spiro atoms. The van der Waals surface area contributed by atoms with E-state index >= 15 is 0 Å². The van der Waals surface area contributed by atoms with Crippen molar-refractivity contribution in [3.05, 3.63) is 83.9 Å². The summed E-state index contributed by atoms with van der Waals surface area (Å²) in [6, 6.07) is 21.0. The maximum absolute atomic E-state index is 12.8. The predicted molar refractivity (Wildman–Crippen MR) is 198 cm³/mol. The normalized spacial score (nSPS) is 11.6. The Morgan fingerprint density at radius 3 is 1.45 bits per heavy atom. The molecule has 0 aliphatic carbocycles. The van der Waals surface area contributed by atoms with Crippen molar-refractivity contribution in [1.82, 2.24) is 0 Å². The second-order valence-corrected chi connectivity index (χ2v) is 13.2. The summed E-state index contributed by atoms with van der Waals surface area (Å²) in [7, 11) is 0. The lowest BCUT2D eigenvalue weighted by Gasteiger charge is -2.13. The monoisotopic (exact) mass is 670 g/mol. The van der Waals surface area contributed by atoms with Crippen molar-refractivity contribution in [2.45, 2.75) is 142 Å². The van der Waals surface area contributed by atoms with Gasteiger partial charge in [-0.05, 0) is 85.8 Å². The zero-order chi connectivity index (χ0) is 35.1. The fraction of sp³-hybridized carbons (Fsp3) is 0.512. The minimum Gasteiger partial charge on any atom is -0.459 e. The van der Waals surface area contributed by atoms with Gasteiger partial charge in [-0.15, -0.1) is 0 Å². The van der Waals surface area contributed by atoms with E-state index in [4.69, 9.17) is 14.2 Å². The average molecular weight is 671 g/mol. The third kappa shape index (κ3) is 15.9. The van der Waals surface area contributed by atoms with Gasteiger partial charge in [-0.2, -0.15) is 0 Å². The molecule has 6 nitrogen and oxygen atoms in total. The van der Waals surface area contributed by atoms with Crippen LogP contribution in [-0.2, 0) is 9.53 Å². The van der Waals surface area contributed by atoms with Crippen molar-refractivity contribution in [2.75, 3.05) is 0 Å². The number of carbonyl (C=O) groups excluding carboxylic acids is 3. The summed E-state index contributed by atoms with van der Waals surface area (Å²) in [4.78, 5) is 37.6. The maximum atomic E-state index is 12.8. The Labute approximate surface area is 294 Å². The van der Waals surface area contributed by atoms with Crippen LogP contribution in [0.5, 0.6) is 11.5 Å². The van der Waals surface area contributed by atoms with Gasteiger partial charge in [0.2, 0.25) is 0 Å². The number of benzene rings is 3. The lowest BCUT2D eigenvalue weighted by Crippen LogP contribution is -2.15. The summed E-state index contributed by atoms with van der Waals surface area (Å²) < 4.78 is 16.6. The molecular weight excluding hydrogens is 612 g/mol. The zero-order valence-electron chi connectivity index (χ0n) is 30.2. The maximum Gasteiger partial charge on any atom is 0.343 e. The van der Waals surface area contributed by atoms with Crippen molar-refractivity contribution >= 4 is 17.9 Å². The Kier molecular flexibility index (Phi) is 18.9. The molecule has 6 heteroatoms. The predicted octanol–water partition coefficient (Wildman–Crippen LogP) is 12.1. The molecule has 0 aromatic heterocycles. The van der Waals surface area contributed by atoms with Crippen LogP contribution in [0.2, 0.25) is 0 Å². The molecule has 266 valence electrons. The van der Waals surface area contributed by atoms with Crippen LogP contribution in [-0.4, -0.2) is 24.0 Å². The minimum absolute atomic E-state index is 0.140. The average Bonchev–Trinajstić information content (AvgIpc) is 3.11. The highest BCUT2D eigenvalue weighted by Gasteiger charge is 2.14. The van der Waals surface area contributed by atoms with Gasteiger partial charge in [0.25, 0.3) is 0 Å². The van der Waals surface area contributed by atoms with E-state index in [0.717, 1.165) is 43.2 Å². The van der Waals surface area contributed by atoms with E-state index < -0.39 is 5.97 Å². The molecule has 3 aromatic carbocycles. The molecule has 3 aromatic rings. The van der Waals surface area contributed by atoms with Crippen LogP contribution < -0.4 is 9.47 Å². The number of unbranched alkanes of at least 4 members (excludes halogenated alkanes) is 14. The van der Waals surface area contributed by atoms with E-state index in [1.165, 1.54) is 77.0 Å². The van der Waals surface area contributed by atoms with E-state index in [1.807, 2.05) is 31.2 Å². The highest BCUT2D eigenvalue weighted by molar-refractivity contribution is 5.92. The number of carbonyl (C=O) groups is 3. The van der Waals surface area contributed by atoms with E-state index in [-0.39, 0.29) is 18.0 Å². The second-order valence-electron chi connectivity index (χ2n) is 13.2. The molecule has 0 aliphatic heterocycles. The topological polar surface area (TPSA) is 78.9 Å². The fourth-order valence-corrected chi connectivity index (χ4v) is 5.80. The molecule has 0 fully saturated rings. The quantitative estimate of drug-likeness (QED) is 0.0536. The molecule has 0 unspecified atom stereocenters. The van der Waals surface area contributed by atoms with Crippen LogP contribution >= 0.6 is 0 Å². The summed E-state index contributed by atoms with van der Waals surface area (Å²) >= 11 is 0. The smallest absolute Gasteiger partial charge is 0.343 e. The number of ether oxygens (including phenoxy) is 3. The molecule has 1 atom stereocenters. The molecule has 49 heavy (non-hydrogen) atoms. The summed E-state index contributed by atoms with van der Waals surface area (Å²) in [5, 5.41) is 0. The molecule has 0 heterocycles. The molecule has 0 aliphatic rings. The molecule has 0 saturated carbocycles. The highest BCUT2D eigenvalue weighted by Crippen LogP contribution is 2.24. The molecule has 0 bridgehead atoms. The van der Waals surface area contributed by atoms with Gasteiger partial charge in [-0.25, -0.2) is 9.59 Å². The van der Waals surface area contributed by atoms with Gasteiger partial charge in [0.1, 0.15) is 11.5 Å². The summed E-state index contributed by atoms with van der Waals surface area (Å²) in [6.07, 6.45) is 20.8. The summed E-state index contributed by atoms with van der Waals surface area (Å²) in [6.45, 7) is 6.34. The SMILES string of the molecule is CCCCCCCCCCCCCCC(=O)Oc1ccc(-c2ccc(C(=O)Oc3ccc(C(=O)O[C@@H](C)CCCCCC)cc3)cc2)cc1. The van der Waals surface area contributed by atoms with Crippen LogP contribution in [0.4, 0.5) is 0 Å². The van der Waals surface area contributed by atoms with E-state index in [0.29, 0.717) is 29.0 Å². The first-order valence-corrected chi connectivity index (χ1v) is 18.8. The fourth-order valence-electron chi connectivity index (χ4n) is 5.80. The van der Waals surface area contributed by atoms with Crippen LogP contribution in [0.25, 0.3) is 11.1 Å². The van der Waals surface area contributed by atoms with Crippen molar-refractivity contribution in [3.63, 3.8) is 0 Å². The van der Waals surface area contributed by atoms with Crippen LogP contribution in [0.1, 0.15) is 157 Å². The molecule has 0 N–H and O–H groups in total. The molecule has 0 radical (unpaired) electrons. The van der Waals surface area contributed by atoms with Crippen LogP contribution in [0.15, 0.2) is 72.8 Å². The van der Waals surface area contributed by atoms with E-state index in [2.05, 4.69) is 13.8 Å². The third-order valence-corrected chi connectivity index (χ3v) is 8.85. The molecule has 3 rings (SSSR count). The Morgan fingerprint density at radius 1 is 0.490 bits per heavy atom. The largest absolute Gasteiger partial charge is 0.459 e. The van der Waals surface area contributed by atoms with Gasteiger partial charge in [0, 0.05) is 6.42 Å². The van der Waals surface area contributed by atoms with Crippen molar-refractivity contribution in [1.29, 1.82) is 0 Å². The number of hydrogen-bond donors (Lipinski definition) is 0. The van der Waals surface area contributed by atoms with Gasteiger partial charge < -0.3 is 14.2 Å². The Morgan fingerprint density at radius 2 is 0.898 bits per heavy atom. The minimum atomic E-state index is -0.488.